The fourth-order valence-electron chi connectivity index (χ4n) is 4.27. The van der Waals surface area contributed by atoms with Crippen molar-refractivity contribution in [2.24, 2.45) is 5.10 Å². The normalized spacial score (nSPS) is 13.8. The molecule has 1 heterocycles. The number of alkyl halides is 3. The molecule has 0 radical (unpaired) electrons. The number of phenolic OH excluding ortho intramolecular Hbond substituents is 1. The maximum absolute atomic E-state index is 14.0. The molecule has 5 rings (SSSR count). The predicted octanol–water partition coefficient (Wildman–Crippen LogP) is 6.91. The molecule has 0 saturated carbocycles. The number of phenols is 1. The fourth-order valence-corrected chi connectivity index (χ4v) is 4.27. The summed E-state index contributed by atoms with van der Waals surface area (Å²) < 4.78 is 72.9. The van der Waals surface area contributed by atoms with Crippen LogP contribution in [0.4, 0.5) is 43.8 Å². The average Bonchev–Trinajstić information content (AvgIpc) is 3.17. The van der Waals surface area contributed by atoms with Gasteiger partial charge in [-0.1, -0.05) is 24.3 Å². The van der Waals surface area contributed by atoms with E-state index in [-0.39, 0.29) is 45.4 Å². The van der Waals surface area contributed by atoms with Crippen molar-refractivity contribution in [3.05, 3.63) is 102 Å². The van der Waals surface area contributed by atoms with Crippen molar-refractivity contribution < 1.29 is 46.5 Å². The van der Waals surface area contributed by atoms with Crippen LogP contribution in [0.2, 0.25) is 0 Å². The molecule has 0 saturated heterocycles. The molecule has 8 nitrogen and oxygen atoms in total. The van der Waals surface area contributed by atoms with Gasteiger partial charge in [0, 0.05) is 17.2 Å². The smallest absolute Gasteiger partial charge is 0.505 e. The number of aromatic hydroxyl groups is 1. The first-order chi connectivity index (χ1) is 19.4. The van der Waals surface area contributed by atoms with Gasteiger partial charge in [-0.15, -0.1) is 0 Å². The van der Waals surface area contributed by atoms with Gasteiger partial charge in [0.1, 0.15) is 23.1 Å². The summed E-state index contributed by atoms with van der Waals surface area (Å²) in [6.45, 7) is 0. The molecular formula is C28H16F5N3O5. The predicted molar refractivity (Wildman–Crippen MR) is 137 cm³/mol. The van der Waals surface area contributed by atoms with Crippen molar-refractivity contribution in [2.45, 2.75) is 6.18 Å². The van der Waals surface area contributed by atoms with Crippen molar-refractivity contribution >= 4 is 34.8 Å². The first-order valence-electron chi connectivity index (χ1n) is 11.6. The summed E-state index contributed by atoms with van der Waals surface area (Å²) in [6.07, 6.45) is -6.30. The molecule has 1 aliphatic heterocycles. The number of nitrogens with zero attached hydrogens (tertiary/aromatic N) is 2. The Morgan fingerprint density at radius 2 is 1.61 bits per heavy atom. The lowest BCUT2D eigenvalue weighted by atomic mass is 10.0. The molecule has 1 amide bonds. The van der Waals surface area contributed by atoms with E-state index < -0.39 is 35.4 Å². The number of carbonyl (C=O) groups is 2. The van der Waals surface area contributed by atoms with E-state index in [0.717, 1.165) is 24.3 Å². The standard InChI is InChI=1S/C28H16F5N3O5/c29-16-11-17(30)13-18(12-16)36-23-10-15(28(31,32)33)7-8-21(23)24(26(36)38)35-34-22-6-2-5-20(25(22)37)14-3-1-4-19(9-14)41-27(39)40/h1-13,34,37H,(H,39,40). The third-order valence-corrected chi connectivity index (χ3v) is 6.01. The third-order valence-electron chi connectivity index (χ3n) is 6.01. The number of para-hydroxylation sites is 1. The van der Waals surface area contributed by atoms with Crippen LogP contribution in [0.3, 0.4) is 0 Å². The Balaban J connectivity index is 1.55. The van der Waals surface area contributed by atoms with Crippen LogP contribution < -0.4 is 15.1 Å². The lowest BCUT2D eigenvalue weighted by molar-refractivity contribution is -0.137. The van der Waals surface area contributed by atoms with Crippen molar-refractivity contribution in [3.8, 4) is 22.6 Å². The van der Waals surface area contributed by atoms with Crippen LogP contribution in [0.1, 0.15) is 11.1 Å². The highest BCUT2D eigenvalue weighted by atomic mass is 19.4. The Labute approximate surface area is 227 Å². The molecule has 208 valence electrons. The lowest BCUT2D eigenvalue weighted by Gasteiger charge is -2.18. The van der Waals surface area contributed by atoms with E-state index in [9.17, 15) is 36.6 Å². The van der Waals surface area contributed by atoms with Crippen LogP contribution in [0.15, 0.2) is 84.0 Å². The number of carbonyl (C=O) groups excluding carboxylic acids is 1. The molecule has 0 unspecified atom stereocenters. The van der Waals surface area contributed by atoms with Crippen molar-refractivity contribution in [1.29, 1.82) is 0 Å². The fraction of sp³-hybridized carbons (Fsp3) is 0.0357. The highest BCUT2D eigenvalue weighted by Crippen LogP contribution is 2.41. The number of ether oxygens (including phenoxy) is 1. The number of anilines is 3. The first kappa shape index (κ1) is 27.1. The van der Waals surface area contributed by atoms with Crippen LogP contribution in [0.25, 0.3) is 11.1 Å². The van der Waals surface area contributed by atoms with E-state index in [4.69, 9.17) is 5.11 Å². The lowest BCUT2D eigenvalue weighted by Crippen LogP contribution is -2.26. The summed E-state index contributed by atoms with van der Waals surface area (Å²) in [7, 11) is 0. The summed E-state index contributed by atoms with van der Waals surface area (Å²) in [5.41, 5.74) is 0.902. The number of benzene rings is 4. The van der Waals surface area contributed by atoms with Gasteiger partial charge in [-0.3, -0.25) is 15.1 Å². The second kappa shape index (κ2) is 10.3. The molecule has 0 aromatic heterocycles. The van der Waals surface area contributed by atoms with Gasteiger partial charge in [0.05, 0.1) is 22.6 Å². The molecule has 0 bridgehead atoms. The summed E-state index contributed by atoms with van der Waals surface area (Å²) in [4.78, 5) is 24.9. The van der Waals surface area contributed by atoms with E-state index in [1.165, 1.54) is 36.4 Å². The van der Waals surface area contributed by atoms with Crippen molar-refractivity contribution in [3.63, 3.8) is 0 Å². The van der Waals surface area contributed by atoms with Gasteiger partial charge in [-0.05, 0) is 54.1 Å². The minimum atomic E-state index is -4.77. The number of nitrogens with one attached hydrogen (secondary N) is 1. The zero-order valence-electron chi connectivity index (χ0n) is 20.4. The van der Waals surface area contributed by atoms with Gasteiger partial charge in [-0.2, -0.15) is 18.3 Å². The molecule has 4 aromatic rings. The zero-order valence-corrected chi connectivity index (χ0v) is 20.4. The molecular weight excluding hydrogens is 553 g/mol. The third kappa shape index (κ3) is 5.37. The number of rotatable bonds is 5. The topological polar surface area (TPSA) is 111 Å². The van der Waals surface area contributed by atoms with E-state index in [2.05, 4.69) is 15.3 Å². The Kier molecular flexibility index (Phi) is 6.79. The highest BCUT2D eigenvalue weighted by Gasteiger charge is 2.39. The summed E-state index contributed by atoms with van der Waals surface area (Å²) in [5.74, 6) is -3.44. The average molecular weight is 569 g/mol. The monoisotopic (exact) mass is 569 g/mol. The quantitative estimate of drug-likeness (QED) is 0.0792. The number of hydrazone groups is 1. The molecule has 4 aromatic carbocycles. The minimum Gasteiger partial charge on any atom is -0.505 e. The Morgan fingerprint density at radius 1 is 0.902 bits per heavy atom. The van der Waals surface area contributed by atoms with Gasteiger partial charge >= 0.3 is 12.3 Å². The number of amides is 1. The zero-order chi connectivity index (χ0) is 29.5. The van der Waals surface area contributed by atoms with Crippen LogP contribution in [0, 0.1) is 11.6 Å². The summed E-state index contributed by atoms with van der Waals surface area (Å²) >= 11 is 0. The molecule has 0 aliphatic carbocycles. The molecule has 0 atom stereocenters. The molecule has 13 heteroatoms. The highest BCUT2D eigenvalue weighted by molar-refractivity contribution is 6.55. The van der Waals surface area contributed by atoms with Crippen LogP contribution in [0.5, 0.6) is 11.5 Å². The Hall–Kier alpha value is -5.46. The Morgan fingerprint density at radius 3 is 2.29 bits per heavy atom. The molecule has 1 aliphatic rings. The molecule has 3 N–H and O–H groups in total. The second-order valence-electron chi connectivity index (χ2n) is 8.67. The van der Waals surface area contributed by atoms with Gasteiger partial charge < -0.3 is 14.9 Å². The SMILES string of the molecule is O=C(O)Oc1cccc(-c2cccc(NN=C3C(=O)N(c4cc(F)cc(F)c4)c4cc(C(F)(F)F)ccc43)c2O)c1. The number of carboxylic acid groups (broad SMARTS) is 1. The minimum absolute atomic E-state index is 0.00623. The number of hydrogen-bond donors (Lipinski definition) is 3. The molecule has 0 spiro atoms. The molecule has 0 fully saturated rings. The van der Waals surface area contributed by atoms with E-state index in [1.807, 2.05) is 0 Å². The van der Waals surface area contributed by atoms with Gasteiger partial charge in [0.2, 0.25) is 0 Å². The summed E-state index contributed by atoms with van der Waals surface area (Å²) in [6, 6.07) is 14.8. The number of fused-ring (bicyclic) bond motifs is 1. The van der Waals surface area contributed by atoms with Crippen LogP contribution >= 0.6 is 0 Å². The first-order valence-corrected chi connectivity index (χ1v) is 11.6. The Bertz CT molecular complexity index is 1720. The van der Waals surface area contributed by atoms with Gasteiger partial charge in [0.15, 0.2) is 5.71 Å². The maximum Gasteiger partial charge on any atom is 0.511 e. The van der Waals surface area contributed by atoms with Gasteiger partial charge in [-0.25, -0.2) is 13.6 Å². The van der Waals surface area contributed by atoms with Gasteiger partial charge in [0.25, 0.3) is 5.91 Å². The number of halogens is 5. The number of hydrogen-bond acceptors (Lipinski definition) is 6. The molecule has 41 heavy (non-hydrogen) atoms. The van der Waals surface area contributed by atoms with Crippen molar-refractivity contribution in [2.75, 3.05) is 10.3 Å². The van der Waals surface area contributed by atoms with Crippen LogP contribution in [-0.2, 0) is 11.0 Å². The second-order valence-corrected chi connectivity index (χ2v) is 8.67. The van der Waals surface area contributed by atoms with E-state index in [1.54, 1.807) is 6.07 Å². The summed E-state index contributed by atoms with van der Waals surface area (Å²) in [5, 5.41) is 23.7. The van der Waals surface area contributed by atoms with Crippen molar-refractivity contribution in [1.82, 2.24) is 0 Å². The largest absolute Gasteiger partial charge is 0.511 e. The maximum atomic E-state index is 14.0. The van der Waals surface area contributed by atoms with E-state index >= 15 is 0 Å². The van der Waals surface area contributed by atoms with E-state index in [0.29, 0.717) is 22.6 Å². The van der Waals surface area contributed by atoms with Crippen LogP contribution in [-0.4, -0.2) is 28.0 Å².